The molecule has 0 unspecified atom stereocenters. The summed E-state index contributed by atoms with van der Waals surface area (Å²) < 4.78 is 0. The van der Waals surface area contributed by atoms with E-state index in [2.05, 4.69) is 25.2 Å². The van der Waals surface area contributed by atoms with Gasteiger partial charge in [0.25, 0.3) is 5.91 Å². The lowest BCUT2D eigenvalue weighted by molar-refractivity contribution is 0.0903. The monoisotopic (exact) mass is 359 g/mol. The molecule has 2 aliphatic rings. The number of aromatic nitrogens is 3. The Morgan fingerprint density at radius 3 is 2.92 bits per heavy atom. The van der Waals surface area contributed by atoms with Gasteiger partial charge in [0.15, 0.2) is 0 Å². The molecule has 8 heteroatoms. The van der Waals surface area contributed by atoms with Gasteiger partial charge in [0.1, 0.15) is 17.8 Å². The molecule has 1 aliphatic carbocycles. The predicted molar refractivity (Wildman–Crippen MR) is 94.9 cm³/mol. The number of anilines is 1. The molecule has 0 spiro atoms. The van der Waals surface area contributed by atoms with Crippen LogP contribution in [0.4, 0.5) is 5.82 Å². The van der Waals surface area contributed by atoms with Crippen molar-refractivity contribution in [3.63, 3.8) is 0 Å². The summed E-state index contributed by atoms with van der Waals surface area (Å²) in [5, 5.41) is 15.4. The summed E-state index contributed by atoms with van der Waals surface area (Å²) in [6.45, 7) is 3.35. The van der Waals surface area contributed by atoms with Gasteiger partial charge in [0.2, 0.25) is 0 Å². The number of hydrogen-bond acceptors (Lipinski definition) is 7. The maximum atomic E-state index is 12.1. The number of aliphatic hydroxyl groups is 1. The average Bonchev–Trinajstić information content (AvgIpc) is 3.19. The van der Waals surface area contributed by atoms with Gasteiger partial charge in [0.05, 0.1) is 11.1 Å². The van der Waals surface area contributed by atoms with E-state index in [1.807, 2.05) is 13.0 Å². The van der Waals surface area contributed by atoms with Gasteiger partial charge >= 0.3 is 0 Å². The highest BCUT2D eigenvalue weighted by molar-refractivity contribution is 7.09. The zero-order valence-corrected chi connectivity index (χ0v) is 14.9. The van der Waals surface area contributed by atoms with Crippen molar-refractivity contribution in [1.29, 1.82) is 0 Å². The smallest absolute Gasteiger partial charge is 0.270 e. The molecule has 7 nitrogen and oxygen atoms in total. The first kappa shape index (κ1) is 16.4. The highest BCUT2D eigenvalue weighted by Crippen LogP contribution is 2.37. The Balaban J connectivity index is 1.34. The standard InChI is InChI=1S/C17H21N5O2S/c1-10-20-15(8-25-10)17(24)21-12-4-11(5-12)14-6-16(19-9-18-14)22-3-2-13(23)7-22/h6,8-9,11-13,23H,2-5,7H2,1H3,(H,21,24)/t11?,12?,13-/m1/s1. The van der Waals surface area contributed by atoms with Crippen molar-refractivity contribution in [1.82, 2.24) is 20.3 Å². The largest absolute Gasteiger partial charge is 0.391 e. The van der Waals surface area contributed by atoms with Gasteiger partial charge in [-0.1, -0.05) is 0 Å². The van der Waals surface area contributed by atoms with E-state index < -0.39 is 0 Å². The lowest BCUT2D eigenvalue weighted by atomic mass is 9.78. The zero-order chi connectivity index (χ0) is 17.4. The molecule has 132 valence electrons. The Kier molecular flexibility index (Phi) is 4.39. The van der Waals surface area contributed by atoms with E-state index in [1.165, 1.54) is 11.3 Å². The molecular weight excluding hydrogens is 338 g/mol. The van der Waals surface area contributed by atoms with Crippen molar-refractivity contribution < 1.29 is 9.90 Å². The van der Waals surface area contributed by atoms with Crippen LogP contribution in [-0.4, -0.2) is 51.2 Å². The lowest BCUT2D eigenvalue weighted by Crippen LogP contribution is -2.43. The number of aliphatic hydroxyl groups excluding tert-OH is 1. The van der Waals surface area contributed by atoms with Crippen molar-refractivity contribution >= 4 is 23.1 Å². The number of carbonyl (C=O) groups excluding carboxylic acids is 1. The minimum Gasteiger partial charge on any atom is -0.391 e. The second-order valence-corrected chi connectivity index (χ2v) is 7.84. The van der Waals surface area contributed by atoms with E-state index in [-0.39, 0.29) is 18.1 Å². The van der Waals surface area contributed by atoms with Gasteiger partial charge in [-0.3, -0.25) is 4.79 Å². The quantitative estimate of drug-likeness (QED) is 0.859. The topological polar surface area (TPSA) is 91.2 Å². The van der Waals surface area contributed by atoms with Gasteiger partial charge in [-0.05, 0) is 26.2 Å². The number of β-amino-alcohol motifs (C(OH)–C–C–N with tert-alkyl or cyclic N) is 1. The molecule has 2 aromatic rings. The summed E-state index contributed by atoms with van der Waals surface area (Å²) in [5.74, 6) is 1.13. The Bertz CT molecular complexity index is 774. The fourth-order valence-electron chi connectivity index (χ4n) is 3.41. The summed E-state index contributed by atoms with van der Waals surface area (Å²) in [6, 6.07) is 2.19. The van der Waals surface area contributed by atoms with Gasteiger partial charge in [-0.15, -0.1) is 11.3 Å². The minimum atomic E-state index is -0.268. The molecule has 1 amide bonds. The van der Waals surface area contributed by atoms with Gasteiger partial charge in [-0.25, -0.2) is 15.0 Å². The molecule has 4 rings (SSSR count). The molecule has 1 aliphatic heterocycles. The van der Waals surface area contributed by atoms with Crippen LogP contribution in [0.15, 0.2) is 17.8 Å². The minimum absolute atomic E-state index is 0.0952. The second-order valence-electron chi connectivity index (χ2n) is 6.78. The summed E-state index contributed by atoms with van der Waals surface area (Å²) in [5.41, 5.74) is 1.52. The fourth-order valence-corrected chi connectivity index (χ4v) is 4.00. The second kappa shape index (κ2) is 6.68. The van der Waals surface area contributed by atoms with Crippen molar-refractivity contribution in [3.8, 4) is 0 Å². The molecule has 1 atom stereocenters. The van der Waals surface area contributed by atoms with Crippen LogP contribution in [0.3, 0.4) is 0 Å². The van der Waals surface area contributed by atoms with Gasteiger partial charge in [0, 0.05) is 42.2 Å². The van der Waals surface area contributed by atoms with Crippen LogP contribution in [0.1, 0.15) is 46.4 Å². The molecule has 0 aromatic carbocycles. The van der Waals surface area contributed by atoms with E-state index in [9.17, 15) is 9.90 Å². The molecule has 1 saturated heterocycles. The predicted octanol–water partition coefficient (Wildman–Crippen LogP) is 1.49. The molecule has 2 N–H and O–H groups in total. The average molecular weight is 359 g/mol. The highest BCUT2D eigenvalue weighted by Gasteiger charge is 2.33. The normalized spacial score (nSPS) is 25.7. The van der Waals surface area contributed by atoms with Crippen molar-refractivity contribution in [2.45, 2.75) is 44.2 Å². The molecule has 25 heavy (non-hydrogen) atoms. The van der Waals surface area contributed by atoms with E-state index in [0.717, 1.165) is 42.3 Å². The Morgan fingerprint density at radius 1 is 1.40 bits per heavy atom. The third-order valence-corrected chi connectivity index (χ3v) is 5.68. The zero-order valence-electron chi connectivity index (χ0n) is 14.1. The number of nitrogens with zero attached hydrogens (tertiary/aromatic N) is 4. The first-order valence-corrected chi connectivity index (χ1v) is 9.44. The van der Waals surface area contributed by atoms with Crippen LogP contribution in [0.5, 0.6) is 0 Å². The number of nitrogens with one attached hydrogen (secondary N) is 1. The van der Waals surface area contributed by atoms with Crippen LogP contribution in [0, 0.1) is 6.92 Å². The summed E-state index contributed by atoms with van der Waals surface area (Å²) in [6.07, 6.45) is 3.88. The highest BCUT2D eigenvalue weighted by atomic mass is 32.1. The van der Waals surface area contributed by atoms with Crippen molar-refractivity contribution in [2.24, 2.45) is 0 Å². The summed E-state index contributed by atoms with van der Waals surface area (Å²) in [4.78, 5) is 27.2. The number of aryl methyl sites for hydroxylation is 1. The Labute approximate surface area is 150 Å². The Morgan fingerprint density at radius 2 is 2.24 bits per heavy atom. The lowest BCUT2D eigenvalue weighted by Gasteiger charge is -2.35. The first-order valence-electron chi connectivity index (χ1n) is 8.56. The Hall–Kier alpha value is -2.06. The number of rotatable bonds is 4. The third kappa shape index (κ3) is 3.50. The van der Waals surface area contributed by atoms with Crippen LogP contribution in [0.25, 0.3) is 0 Å². The summed E-state index contributed by atoms with van der Waals surface area (Å²) >= 11 is 1.49. The number of amides is 1. The van der Waals surface area contributed by atoms with Crippen LogP contribution < -0.4 is 10.2 Å². The summed E-state index contributed by atoms with van der Waals surface area (Å²) in [7, 11) is 0. The van der Waals surface area contributed by atoms with E-state index in [1.54, 1.807) is 11.7 Å². The fraction of sp³-hybridized carbons (Fsp3) is 0.529. The number of thiazole rings is 1. The van der Waals surface area contributed by atoms with Crippen molar-refractivity contribution in [2.75, 3.05) is 18.0 Å². The molecule has 1 saturated carbocycles. The molecule has 0 radical (unpaired) electrons. The van der Waals surface area contributed by atoms with Crippen LogP contribution >= 0.6 is 11.3 Å². The maximum Gasteiger partial charge on any atom is 0.270 e. The van der Waals surface area contributed by atoms with E-state index in [4.69, 9.17) is 0 Å². The molecular formula is C17H21N5O2S. The van der Waals surface area contributed by atoms with E-state index >= 15 is 0 Å². The maximum absolute atomic E-state index is 12.1. The van der Waals surface area contributed by atoms with E-state index in [0.29, 0.717) is 18.2 Å². The van der Waals surface area contributed by atoms with Crippen LogP contribution in [-0.2, 0) is 0 Å². The molecule has 0 bridgehead atoms. The first-order chi connectivity index (χ1) is 12.1. The molecule has 2 fully saturated rings. The SMILES string of the molecule is Cc1nc(C(=O)NC2CC(c3cc(N4CC[C@@H](O)C4)ncn3)C2)cs1. The van der Waals surface area contributed by atoms with Gasteiger partial charge in [-0.2, -0.15) is 0 Å². The number of carbonyl (C=O) groups is 1. The van der Waals surface area contributed by atoms with Crippen LogP contribution in [0.2, 0.25) is 0 Å². The third-order valence-electron chi connectivity index (χ3n) is 4.90. The molecule has 3 heterocycles. The van der Waals surface area contributed by atoms with Crippen molar-refractivity contribution in [3.05, 3.63) is 34.2 Å². The van der Waals surface area contributed by atoms with Gasteiger partial charge < -0.3 is 15.3 Å². The number of hydrogen-bond donors (Lipinski definition) is 2. The molecule has 2 aromatic heterocycles.